The summed E-state index contributed by atoms with van der Waals surface area (Å²) < 4.78 is 5.54. The van der Waals surface area contributed by atoms with Crippen LogP contribution in [-0.2, 0) is 19.2 Å². The molecule has 2 fully saturated rings. The summed E-state index contributed by atoms with van der Waals surface area (Å²) in [5.41, 5.74) is -1.66. The van der Waals surface area contributed by atoms with Crippen molar-refractivity contribution < 1.29 is 24.5 Å². The van der Waals surface area contributed by atoms with Crippen LogP contribution in [-0.4, -0.2) is 28.7 Å². The highest BCUT2D eigenvalue weighted by Crippen LogP contribution is 2.56. The lowest BCUT2D eigenvalue weighted by atomic mass is 9.53. The molecule has 0 aromatic heterocycles. The maximum Gasteiger partial charge on any atom is 0.309 e. The zero-order chi connectivity index (χ0) is 14.7. The molecular weight excluding hydrogens is 260 g/mol. The summed E-state index contributed by atoms with van der Waals surface area (Å²) in [6, 6.07) is 0. The number of fused-ring (bicyclic) bond motifs is 3. The zero-order valence-electron chi connectivity index (χ0n) is 12.0. The first kappa shape index (κ1) is 13.8. The lowest BCUT2D eigenvalue weighted by Gasteiger charge is -2.52. The summed E-state index contributed by atoms with van der Waals surface area (Å²) in [4.78, 5) is 28.9. The Hall–Kier alpha value is -1.20. The Labute approximate surface area is 117 Å². The summed E-state index contributed by atoms with van der Waals surface area (Å²) in [6.45, 7) is 5.49. The van der Waals surface area contributed by atoms with Crippen LogP contribution in [0.4, 0.5) is 0 Å². The third-order valence-electron chi connectivity index (χ3n) is 5.64. The van der Waals surface area contributed by atoms with E-state index in [0.29, 0.717) is 6.42 Å². The molecule has 1 aliphatic heterocycles. The molecule has 1 saturated carbocycles. The topological polar surface area (TPSA) is 72.8 Å². The van der Waals surface area contributed by atoms with Gasteiger partial charge in [0.25, 0.3) is 0 Å². The first-order valence-electron chi connectivity index (χ1n) is 7.10. The normalized spacial score (nSPS) is 50.6. The van der Waals surface area contributed by atoms with Crippen molar-refractivity contribution in [3.05, 3.63) is 12.2 Å². The zero-order valence-corrected chi connectivity index (χ0v) is 12.0. The van der Waals surface area contributed by atoms with Crippen LogP contribution < -0.4 is 0 Å². The van der Waals surface area contributed by atoms with Crippen molar-refractivity contribution in [3.63, 3.8) is 0 Å². The second kappa shape index (κ2) is 4.15. The maximum atomic E-state index is 12.3. The Balaban J connectivity index is 2.09. The average Bonchev–Trinajstić information content (AvgIpc) is 2.70. The van der Waals surface area contributed by atoms with Crippen molar-refractivity contribution in [2.75, 3.05) is 0 Å². The molecule has 5 nitrogen and oxygen atoms in total. The predicted molar refractivity (Wildman–Crippen MR) is 69.6 cm³/mol. The van der Waals surface area contributed by atoms with Crippen molar-refractivity contribution in [1.29, 1.82) is 0 Å². The quantitative estimate of drug-likeness (QED) is 0.451. The molecule has 110 valence electrons. The first-order chi connectivity index (χ1) is 9.33. The largest absolute Gasteiger partial charge is 0.461 e. The molecule has 6 atom stereocenters. The molecule has 1 N–H and O–H groups in total. The fourth-order valence-electron chi connectivity index (χ4n) is 4.36. The summed E-state index contributed by atoms with van der Waals surface area (Å²) >= 11 is 0. The van der Waals surface area contributed by atoms with Gasteiger partial charge in [-0.2, -0.15) is 0 Å². The summed E-state index contributed by atoms with van der Waals surface area (Å²) in [7, 11) is 0. The van der Waals surface area contributed by atoms with E-state index in [4.69, 9.17) is 9.62 Å². The van der Waals surface area contributed by atoms with E-state index in [2.05, 4.69) is 0 Å². The van der Waals surface area contributed by atoms with Crippen LogP contribution in [0, 0.1) is 23.2 Å². The molecule has 0 aromatic rings. The number of allylic oxidation sites excluding steroid dienone is 1. The number of ketones is 1. The van der Waals surface area contributed by atoms with Gasteiger partial charge in [-0.1, -0.05) is 13.8 Å². The Kier molecular flexibility index (Phi) is 2.86. The smallest absolute Gasteiger partial charge is 0.309 e. The van der Waals surface area contributed by atoms with Crippen LogP contribution in [0.25, 0.3) is 0 Å². The minimum atomic E-state index is -1.00. The number of hydrogen-bond acceptors (Lipinski definition) is 5. The molecule has 3 aliphatic rings. The molecule has 0 radical (unpaired) electrons. The van der Waals surface area contributed by atoms with E-state index in [1.54, 1.807) is 13.0 Å². The molecule has 0 spiro atoms. The van der Waals surface area contributed by atoms with Crippen molar-refractivity contribution in [2.45, 2.75) is 45.3 Å². The average molecular weight is 280 g/mol. The summed E-state index contributed by atoms with van der Waals surface area (Å²) in [5, 5.41) is 9.34. The van der Waals surface area contributed by atoms with Crippen LogP contribution in [0.15, 0.2) is 12.2 Å². The van der Waals surface area contributed by atoms with Gasteiger partial charge in [-0.3, -0.25) is 14.8 Å². The molecule has 5 heteroatoms. The van der Waals surface area contributed by atoms with Gasteiger partial charge in [0, 0.05) is 17.3 Å². The highest BCUT2D eigenvalue weighted by atomic mass is 17.1. The third kappa shape index (κ3) is 1.56. The van der Waals surface area contributed by atoms with E-state index < -0.39 is 11.0 Å². The molecule has 1 saturated heterocycles. The number of rotatable bonds is 1. The minimum Gasteiger partial charge on any atom is -0.461 e. The number of esters is 1. The molecule has 3 rings (SSSR count). The first-order valence-corrected chi connectivity index (χ1v) is 7.10. The second-order valence-corrected chi connectivity index (χ2v) is 6.76. The van der Waals surface area contributed by atoms with Gasteiger partial charge >= 0.3 is 5.97 Å². The van der Waals surface area contributed by atoms with Gasteiger partial charge in [0.15, 0.2) is 5.78 Å². The van der Waals surface area contributed by atoms with Gasteiger partial charge in [-0.15, -0.1) is 0 Å². The highest BCUT2D eigenvalue weighted by Gasteiger charge is 2.63. The van der Waals surface area contributed by atoms with E-state index in [9.17, 15) is 14.8 Å². The minimum absolute atomic E-state index is 0.0195. The second-order valence-electron chi connectivity index (χ2n) is 6.76. The fraction of sp³-hybridized carbons (Fsp3) is 0.733. The number of ether oxygens (including phenoxy) is 1. The Morgan fingerprint density at radius 1 is 1.40 bits per heavy atom. The lowest BCUT2D eigenvalue weighted by molar-refractivity contribution is -0.334. The molecule has 0 amide bonds. The van der Waals surface area contributed by atoms with E-state index in [1.165, 1.54) is 6.08 Å². The fourth-order valence-corrected chi connectivity index (χ4v) is 4.36. The highest BCUT2D eigenvalue weighted by molar-refractivity contribution is 5.96. The van der Waals surface area contributed by atoms with Gasteiger partial charge in [-0.05, 0) is 31.9 Å². The number of hydrogen-bond donors (Lipinski definition) is 1. The van der Waals surface area contributed by atoms with Gasteiger partial charge in [-0.25, -0.2) is 4.89 Å². The molecular formula is C15H20O5. The summed E-state index contributed by atoms with van der Waals surface area (Å²) in [5.74, 6) is -0.620. The van der Waals surface area contributed by atoms with E-state index in [-0.39, 0.29) is 35.6 Å². The van der Waals surface area contributed by atoms with Crippen molar-refractivity contribution in [1.82, 2.24) is 0 Å². The van der Waals surface area contributed by atoms with Crippen molar-refractivity contribution >= 4 is 11.8 Å². The lowest BCUT2D eigenvalue weighted by Crippen LogP contribution is -2.60. The van der Waals surface area contributed by atoms with Gasteiger partial charge < -0.3 is 4.74 Å². The molecule has 20 heavy (non-hydrogen) atoms. The molecule has 0 unspecified atom stereocenters. The van der Waals surface area contributed by atoms with E-state index in [1.807, 2.05) is 13.8 Å². The van der Waals surface area contributed by atoms with E-state index in [0.717, 1.165) is 6.42 Å². The van der Waals surface area contributed by atoms with E-state index >= 15 is 0 Å². The van der Waals surface area contributed by atoms with Crippen molar-refractivity contribution in [2.24, 2.45) is 23.2 Å². The van der Waals surface area contributed by atoms with Gasteiger partial charge in [0.1, 0.15) is 11.7 Å². The van der Waals surface area contributed by atoms with Crippen LogP contribution in [0.5, 0.6) is 0 Å². The molecule has 0 bridgehead atoms. The van der Waals surface area contributed by atoms with Gasteiger partial charge in [0.2, 0.25) is 0 Å². The molecule has 2 aliphatic carbocycles. The maximum absolute atomic E-state index is 12.3. The Morgan fingerprint density at radius 2 is 2.10 bits per heavy atom. The summed E-state index contributed by atoms with van der Waals surface area (Å²) in [6.07, 6.45) is 4.16. The van der Waals surface area contributed by atoms with Crippen molar-refractivity contribution in [3.8, 4) is 0 Å². The Bertz CT molecular complexity index is 498. The van der Waals surface area contributed by atoms with Crippen LogP contribution in [0.3, 0.4) is 0 Å². The van der Waals surface area contributed by atoms with Crippen LogP contribution in [0.1, 0.15) is 33.6 Å². The predicted octanol–water partition coefficient (Wildman–Crippen LogP) is 1.97. The number of carbonyl (C=O) groups excluding carboxylic acids is 2. The standard InChI is InChI=1S/C15H20O5/c1-8-9-4-6-14(2)10(16)5-7-15(3,20-18)12(14)11(9)19-13(8)17/h5,7-9,11-12,18H,4,6H2,1-3H3/t8-,9+,11-,12+,14-,15-/m0/s1. The SMILES string of the molecule is C[C@@H]1C(=O)O[C@H]2[C@@H]1CC[C@@]1(C)C(=O)C=C[C@](C)(OO)[C@H]21. The molecule has 1 heterocycles. The third-order valence-corrected chi connectivity index (χ3v) is 5.64. The monoisotopic (exact) mass is 280 g/mol. The Morgan fingerprint density at radius 3 is 2.75 bits per heavy atom. The number of carbonyl (C=O) groups is 2. The van der Waals surface area contributed by atoms with Crippen LogP contribution in [0.2, 0.25) is 0 Å². The van der Waals surface area contributed by atoms with Gasteiger partial charge in [0.05, 0.1) is 5.92 Å². The van der Waals surface area contributed by atoms with Crippen LogP contribution >= 0.6 is 0 Å². The molecule has 0 aromatic carbocycles.